The average Bonchev–Trinajstić information content (AvgIpc) is 3.18. The molecule has 1 unspecified atom stereocenters. The molecule has 2 rings (SSSR count). The lowest BCUT2D eigenvalue weighted by molar-refractivity contribution is -0.0245. The van der Waals surface area contributed by atoms with Crippen LogP contribution in [0.4, 0.5) is 4.79 Å². The van der Waals surface area contributed by atoms with Gasteiger partial charge in [-0.3, -0.25) is 0 Å². The lowest BCUT2D eigenvalue weighted by Gasteiger charge is -2.10. The SMILES string of the molecule is O=C(O)OC1(CCCCCCOc2ccccc2)CO1. The fourth-order valence-electron chi connectivity index (χ4n) is 2.05. The molecule has 1 fully saturated rings. The van der Waals surface area contributed by atoms with Gasteiger partial charge in [0.2, 0.25) is 5.79 Å². The van der Waals surface area contributed by atoms with Crippen LogP contribution < -0.4 is 4.74 Å². The minimum atomic E-state index is -1.27. The Balaban J connectivity index is 1.47. The van der Waals surface area contributed by atoms with Crippen LogP contribution in [0, 0.1) is 0 Å². The molecule has 1 heterocycles. The van der Waals surface area contributed by atoms with E-state index >= 15 is 0 Å². The molecule has 1 saturated heterocycles. The third-order valence-corrected chi connectivity index (χ3v) is 3.20. The molecule has 0 amide bonds. The molecule has 1 aromatic carbocycles. The third kappa shape index (κ3) is 5.09. The van der Waals surface area contributed by atoms with E-state index < -0.39 is 11.9 Å². The van der Waals surface area contributed by atoms with Crippen LogP contribution in [0.1, 0.15) is 32.1 Å². The molecule has 5 heteroatoms. The molecule has 0 radical (unpaired) electrons. The van der Waals surface area contributed by atoms with E-state index in [-0.39, 0.29) is 0 Å². The summed E-state index contributed by atoms with van der Waals surface area (Å²) in [5.74, 6) is 0.0551. The van der Waals surface area contributed by atoms with Crippen molar-refractivity contribution in [1.82, 2.24) is 0 Å². The zero-order valence-corrected chi connectivity index (χ0v) is 11.4. The van der Waals surface area contributed by atoms with E-state index in [0.29, 0.717) is 19.6 Å². The highest BCUT2D eigenvalue weighted by Crippen LogP contribution is 2.34. The Hall–Kier alpha value is -1.75. The van der Waals surface area contributed by atoms with E-state index in [4.69, 9.17) is 19.3 Å². The van der Waals surface area contributed by atoms with Gasteiger partial charge in [-0.25, -0.2) is 4.79 Å². The number of para-hydroxylation sites is 1. The van der Waals surface area contributed by atoms with Crippen molar-refractivity contribution >= 4 is 6.16 Å². The Morgan fingerprint density at radius 1 is 1.20 bits per heavy atom. The highest BCUT2D eigenvalue weighted by molar-refractivity contribution is 5.57. The molecule has 0 bridgehead atoms. The number of rotatable bonds is 9. The van der Waals surface area contributed by atoms with Crippen molar-refractivity contribution in [2.24, 2.45) is 0 Å². The molecule has 0 aliphatic carbocycles. The number of benzene rings is 1. The number of epoxide rings is 1. The number of ether oxygens (including phenoxy) is 3. The second-order valence-electron chi connectivity index (χ2n) is 4.89. The number of carbonyl (C=O) groups is 1. The van der Waals surface area contributed by atoms with Gasteiger partial charge in [0.15, 0.2) is 0 Å². The molecule has 0 spiro atoms. The summed E-state index contributed by atoms with van der Waals surface area (Å²) in [5, 5.41) is 8.55. The van der Waals surface area contributed by atoms with Crippen LogP contribution in [0.2, 0.25) is 0 Å². The highest BCUT2D eigenvalue weighted by Gasteiger charge is 2.48. The van der Waals surface area contributed by atoms with Gasteiger partial charge in [0.25, 0.3) is 0 Å². The van der Waals surface area contributed by atoms with Gasteiger partial charge in [0, 0.05) is 6.42 Å². The maximum atomic E-state index is 10.4. The number of unbranched alkanes of at least 4 members (excludes halogenated alkanes) is 3. The van der Waals surface area contributed by atoms with Gasteiger partial charge in [-0.05, 0) is 25.0 Å². The first-order valence-electron chi connectivity index (χ1n) is 6.94. The second-order valence-corrected chi connectivity index (χ2v) is 4.89. The van der Waals surface area contributed by atoms with E-state index in [0.717, 1.165) is 31.4 Å². The van der Waals surface area contributed by atoms with Gasteiger partial charge in [-0.2, -0.15) is 0 Å². The molecule has 110 valence electrons. The van der Waals surface area contributed by atoms with Crippen molar-refractivity contribution in [1.29, 1.82) is 0 Å². The quantitative estimate of drug-likeness (QED) is 0.426. The van der Waals surface area contributed by atoms with Crippen LogP contribution in [0.3, 0.4) is 0 Å². The largest absolute Gasteiger partial charge is 0.508 e. The molecule has 1 N–H and O–H groups in total. The molecule has 0 saturated carbocycles. The van der Waals surface area contributed by atoms with Crippen LogP contribution in [0.25, 0.3) is 0 Å². The number of hydrogen-bond donors (Lipinski definition) is 1. The van der Waals surface area contributed by atoms with Crippen molar-refractivity contribution in [2.45, 2.75) is 37.9 Å². The van der Waals surface area contributed by atoms with Crippen LogP contribution in [-0.4, -0.2) is 30.3 Å². The summed E-state index contributed by atoms with van der Waals surface area (Å²) in [6.45, 7) is 1.09. The van der Waals surface area contributed by atoms with Gasteiger partial charge in [-0.1, -0.05) is 31.0 Å². The van der Waals surface area contributed by atoms with E-state index in [1.54, 1.807) is 0 Å². The smallest absolute Gasteiger partial charge is 0.494 e. The van der Waals surface area contributed by atoms with E-state index in [9.17, 15) is 4.79 Å². The Kier molecular flexibility index (Phi) is 5.24. The molecule has 5 nitrogen and oxygen atoms in total. The van der Waals surface area contributed by atoms with Crippen LogP contribution in [0.5, 0.6) is 5.75 Å². The maximum absolute atomic E-state index is 10.4. The molecule has 1 aliphatic heterocycles. The molecular formula is C15H20O5. The maximum Gasteiger partial charge on any atom is 0.508 e. The highest BCUT2D eigenvalue weighted by atomic mass is 16.8. The first-order chi connectivity index (χ1) is 9.70. The minimum Gasteiger partial charge on any atom is -0.494 e. The average molecular weight is 280 g/mol. The summed E-state index contributed by atoms with van der Waals surface area (Å²) < 4.78 is 15.4. The van der Waals surface area contributed by atoms with Crippen molar-refractivity contribution in [3.8, 4) is 5.75 Å². The monoisotopic (exact) mass is 280 g/mol. The van der Waals surface area contributed by atoms with Crippen molar-refractivity contribution < 1.29 is 24.1 Å². The van der Waals surface area contributed by atoms with Crippen molar-refractivity contribution in [3.05, 3.63) is 30.3 Å². The fraction of sp³-hybridized carbons (Fsp3) is 0.533. The predicted molar refractivity (Wildman–Crippen MR) is 72.8 cm³/mol. The van der Waals surface area contributed by atoms with Crippen LogP contribution in [-0.2, 0) is 9.47 Å². The van der Waals surface area contributed by atoms with E-state index in [1.807, 2.05) is 30.3 Å². The van der Waals surface area contributed by atoms with E-state index in [1.165, 1.54) is 0 Å². The Morgan fingerprint density at radius 3 is 2.55 bits per heavy atom. The first kappa shape index (κ1) is 14.7. The fourth-order valence-corrected chi connectivity index (χ4v) is 2.05. The minimum absolute atomic E-state index is 0.385. The summed E-state index contributed by atoms with van der Waals surface area (Å²) >= 11 is 0. The lowest BCUT2D eigenvalue weighted by atomic mass is 10.1. The second kappa shape index (κ2) is 7.14. The van der Waals surface area contributed by atoms with Crippen molar-refractivity contribution in [2.75, 3.05) is 13.2 Å². The summed E-state index contributed by atoms with van der Waals surface area (Å²) in [6.07, 6.45) is 3.33. The van der Waals surface area contributed by atoms with Crippen LogP contribution in [0.15, 0.2) is 30.3 Å². The standard InChI is InChI=1S/C15H20O5/c16-14(17)20-15(12-19-15)10-6-1-2-7-11-18-13-8-4-3-5-9-13/h3-5,8-9H,1-2,6-7,10-12H2,(H,16,17). The van der Waals surface area contributed by atoms with Gasteiger partial charge in [0.1, 0.15) is 12.4 Å². The lowest BCUT2D eigenvalue weighted by Crippen LogP contribution is -2.19. The summed E-state index contributed by atoms with van der Waals surface area (Å²) in [4.78, 5) is 10.4. The number of hydrogen-bond acceptors (Lipinski definition) is 4. The molecule has 20 heavy (non-hydrogen) atoms. The Bertz CT molecular complexity index is 414. The molecule has 1 aliphatic rings. The molecule has 1 atom stereocenters. The van der Waals surface area contributed by atoms with Gasteiger partial charge < -0.3 is 19.3 Å². The summed E-state index contributed by atoms with van der Waals surface area (Å²) in [7, 11) is 0. The van der Waals surface area contributed by atoms with Gasteiger partial charge in [0.05, 0.1) is 6.61 Å². The van der Waals surface area contributed by atoms with Gasteiger partial charge in [-0.15, -0.1) is 0 Å². The third-order valence-electron chi connectivity index (χ3n) is 3.20. The Morgan fingerprint density at radius 2 is 1.90 bits per heavy atom. The zero-order valence-electron chi connectivity index (χ0n) is 11.4. The normalized spacial score (nSPS) is 20.4. The molecule has 1 aromatic rings. The molecular weight excluding hydrogens is 260 g/mol. The number of carboxylic acid groups (broad SMARTS) is 1. The topological polar surface area (TPSA) is 68.3 Å². The van der Waals surface area contributed by atoms with Crippen LogP contribution >= 0.6 is 0 Å². The molecule has 0 aromatic heterocycles. The van der Waals surface area contributed by atoms with E-state index in [2.05, 4.69) is 0 Å². The predicted octanol–water partition coefficient (Wildman–Crippen LogP) is 3.44. The summed E-state index contributed by atoms with van der Waals surface area (Å²) in [5.41, 5.74) is 0. The Labute approximate surface area is 118 Å². The summed E-state index contributed by atoms with van der Waals surface area (Å²) in [6, 6.07) is 9.75. The van der Waals surface area contributed by atoms with Crippen molar-refractivity contribution in [3.63, 3.8) is 0 Å². The van der Waals surface area contributed by atoms with Gasteiger partial charge >= 0.3 is 6.16 Å². The zero-order chi connectivity index (χ0) is 14.3. The first-order valence-corrected chi connectivity index (χ1v) is 6.94.